The second-order valence-corrected chi connectivity index (χ2v) is 1.31. The van der Waals surface area contributed by atoms with E-state index in [9.17, 15) is 9.59 Å². The van der Waals surface area contributed by atoms with Gasteiger partial charge in [0.05, 0.1) is 0 Å². The number of carboxylic acid groups (broad SMARTS) is 1. The Bertz CT molecular complexity index is 101. The molecule has 1 atom stereocenters. The lowest BCUT2D eigenvalue weighted by Gasteiger charge is -1.99. The number of carbonyl (C=O) groups excluding carboxylic acids is 1. The molecule has 0 aliphatic rings. The fraction of sp³-hybridized carbons (Fsp3) is 0.500. The minimum atomic E-state index is -1.06. The summed E-state index contributed by atoms with van der Waals surface area (Å²) in [6.07, 6.45) is 1.27. The maximum Gasteiger partial charge on any atom is 0.325 e. The van der Waals surface area contributed by atoms with Crippen LogP contribution in [0.3, 0.4) is 0 Å². The zero-order valence-electron chi connectivity index (χ0n) is 4.34. The highest BCUT2D eigenvalue weighted by Crippen LogP contribution is 1.75. The zero-order chi connectivity index (χ0) is 6.57. The summed E-state index contributed by atoms with van der Waals surface area (Å²) < 4.78 is 0. The topological polar surface area (TPSA) is 66.4 Å². The van der Waals surface area contributed by atoms with Crippen LogP contribution in [0, 0.1) is 0 Å². The molecular formula is C4H6NO3. The highest BCUT2D eigenvalue weighted by atomic mass is 16.4. The lowest BCUT2D eigenvalue weighted by Crippen LogP contribution is -2.32. The Kier molecular flexibility index (Phi) is 2.61. The van der Waals surface area contributed by atoms with Crippen LogP contribution in [0.4, 0.5) is 0 Å². The largest absolute Gasteiger partial charge is 0.480 e. The molecule has 0 heterocycles. The van der Waals surface area contributed by atoms with Crippen molar-refractivity contribution in [2.24, 2.45) is 0 Å². The second kappa shape index (κ2) is 3.01. The molecule has 1 radical (unpaired) electrons. The van der Waals surface area contributed by atoms with E-state index in [0.717, 1.165) is 0 Å². The van der Waals surface area contributed by atoms with E-state index in [1.165, 1.54) is 13.3 Å². The van der Waals surface area contributed by atoms with Crippen LogP contribution in [0.25, 0.3) is 0 Å². The SMILES string of the molecule is CC(N[C]=O)C(=O)O. The van der Waals surface area contributed by atoms with Gasteiger partial charge in [0.25, 0.3) is 0 Å². The summed E-state index contributed by atoms with van der Waals surface area (Å²) in [5, 5.41) is 10.0. The van der Waals surface area contributed by atoms with Gasteiger partial charge in [-0.25, -0.2) is 0 Å². The van der Waals surface area contributed by atoms with Crippen LogP contribution < -0.4 is 5.32 Å². The highest BCUT2D eigenvalue weighted by molar-refractivity contribution is 5.75. The van der Waals surface area contributed by atoms with Gasteiger partial charge in [0.15, 0.2) is 0 Å². The van der Waals surface area contributed by atoms with E-state index >= 15 is 0 Å². The third kappa shape index (κ3) is 2.17. The molecule has 2 N–H and O–H groups in total. The minimum absolute atomic E-state index is 0.840. The van der Waals surface area contributed by atoms with Gasteiger partial charge in [-0.1, -0.05) is 0 Å². The summed E-state index contributed by atoms with van der Waals surface area (Å²) in [5.74, 6) is -1.06. The van der Waals surface area contributed by atoms with E-state index in [-0.39, 0.29) is 0 Å². The first-order chi connectivity index (χ1) is 3.68. The van der Waals surface area contributed by atoms with Gasteiger partial charge >= 0.3 is 12.4 Å². The van der Waals surface area contributed by atoms with Crippen molar-refractivity contribution in [3.05, 3.63) is 0 Å². The summed E-state index contributed by atoms with van der Waals surface area (Å²) in [4.78, 5) is 19.3. The summed E-state index contributed by atoms with van der Waals surface area (Å²) >= 11 is 0. The smallest absolute Gasteiger partial charge is 0.325 e. The fourth-order valence-electron chi connectivity index (χ4n) is 0.150. The third-order valence-electron chi connectivity index (χ3n) is 0.646. The summed E-state index contributed by atoms with van der Waals surface area (Å²) in [6.45, 7) is 1.35. The van der Waals surface area contributed by atoms with Crippen molar-refractivity contribution in [3.63, 3.8) is 0 Å². The lowest BCUT2D eigenvalue weighted by atomic mass is 10.4. The van der Waals surface area contributed by atoms with Crippen LogP contribution in [0.5, 0.6) is 0 Å². The summed E-state index contributed by atoms with van der Waals surface area (Å²) in [5.41, 5.74) is 0. The van der Waals surface area contributed by atoms with Gasteiger partial charge in [-0.05, 0) is 6.92 Å². The predicted octanol–water partition coefficient (Wildman–Crippen LogP) is -0.884. The van der Waals surface area contributed by atoms with Gasteiger partial charge in [-0.2, -0.15) is 0 Å². The van der Waals surface area contributed by atoms with E-state index in [2.05, 4.69) is 0 Å². The summed E-state index contributed by atoms with van der Waals surface area (Å²) in [6, 6.07) is -0.840. The van der Waals surface area contributed by atoms with Crippen molar-refractivity contribution in [2.45, 2.75) is 13.0 Å². The molecule has 1 unspecified atom stereocenters. The van der Waals surface area contributed by atoms with Gasteiger partial charge in [0.2, 0.25) is 0 Å². The normalized spacial score (nSPS) is 12.1. The number of amides is 1. The molecule has 0 bridgehead atoms. The van der Waals surface area contributed by atoms with Crippen LogP contribution >= 0.6 is 0 Å². The number of nitrogens with one attached hydrogen (secondary N) is 1. The molecule has 0 spiro atoms. The maximum atomic E-state index is 9.85. The Morgan fingerprint density at radius 3 is 2.50 bits per heavy atom. The fourth-order valence-corrected chi connectivity index (χ4v) is 0.150. The number of rotatable bonds is 3. The molecule has 8 heavy (non-hydrogen) atoms. The predicted molar refractivity (Wildman–Crippen MR) is 25.9 cm³/mol. The number of carbonyl (C=O) groups is 1. The number of hydrogen-bond acceptors (Lipinski definition) is 2. The van der Waals surface area contributed by atoms with Crippen LogP contribution in [0.2, 0.25) is 0 Å². The first-order valence-electron chi connectivity index (χ1n) is 2.04. The maximum absolute atomic E-state index is 9.85. The highest BCUT2D eigenvalue weighted by Gasteiger charge is 2.06. The van der Waals surface area contributed by atoms with E-state index in [1.807, 2.05) is 5.32 Å². The van der Waals surface area contributed by atoms with Crippen molar-refractivity contribution in [1.29, 1.82) is 0 Å². The van der Waals surface area contributed by atoms with E-state index in [1.54, 1.807) is 0 Å². The van der Waals surface area contributed by atoms with Crippen LogP contribution in [-0.4, -0.2) is 23.5 Å². The van der Waals surface area contributed by atoms with Gasteiger partial charge in [0.1, 0.15) is 6.04 Å². The van der Waals surface area contributed by atoms with Gasteiger partial charge in [-0.3, -0.25) is 9.59 Å². The lowest BCUT2D eigenvalue weighted by molar-refractivity contribution is -0.138. The molecule has 0 aromatic heterocycles. The molecule has 0 rings (SSSR count). The minimum Gasteiger partial charge on any atom is -0.480 e. The zero-order valence-corrected chi connectivity index (χ0v) is 4.34. The van der Waals surface area contributed by atoms with Crippen molar-refractivity contribution in [3.8, 4) is 0 Å². The monoisotopic (exact) mass is 116 g/mol. The van der Waals surface area contributed by atoms with E-state index < -0.39 is 12.0 Å². The summed E-state index contributed by atoms with van der Waals surface area (Å²) in [7, 11) is 0. The number of hydrogen-bond donors (Lipinski definition) is 2. The molecule has 1 amide bonds. The Morgan fingerprint density at radius 2 is 2.38 bits per heavy atom. The standard InChI is InChI=1S/C4H6NO3/c1-3(4(7)8)5-2-6/h3H,1H3,(H,5,6)(H,7,8). The first-order valence-corrected chi connectivity index (χ1v) is 2.04. The first kappa shape index (κ1) is 6.94. The van der Waals surface area contributed by atoms with Gasteiger partial charge in [-0.15, -0.1) is 0 Å². The second-order valence-electron chi connectivity index (χ2n) is 1.31. The molecular weight excluding hydrogens is 110 g/mol. The molecule has 0 aliphatic heterocycles. The Labute approximate surface area is 46.5 Å². The molecule has 0 saturated carbocycles. The molecule has 0 aromatic rings. The molecule has 45 valence electrons. The quantitative estimate of drug-likeness (QED) is 0.470. The van der Waals surface area contributed by atoms with Crippen molar-refractivity contribution in [1.82, 2.24) is 5.32 Å². The molecule has 0 aliphatic carbocycles. The van der Waals surface area contributed by atoms with Crippen molar-refractivity contribution in [2.75, 3.05) is 0 Å². The molecule has 0 saturated heterocycles. The van der Waals surface area contributed by atoms with Gasteiger partial charge in [0, 0.05) is 0 Å². The molecule has 4 nitrogen and oxygen atoms in total. The van der Waals surface area contributed by atoms with Crippen LogP contribution in [-0.2, 0) is 9.59 Å². The van der Waals surface area contributed by atoms with E-state index in [0.29, 0.717) is 0 Å². The van der Waals surface area contributed by atoms with Gasteiger partial charge < -0.3 is 10.4 Å². The molecule has 4 heteroatoms. The number of carboxylic acids is 1. The van der Waals surface area contributed by atoms with E-state index in [4.69, 9.17) is 5.11 Å². The molecule has 0 fully saturated rings. The Morgan fingerprint density at radius 1 is 1.88 bits per heavy atom. The Balaban J connectivity index is 3.46. The van der Waals surface area contributed by atoms with Crippen LogP contribution in [0.1, 0.15) is 6.92 Å². The third-order valence-corrected chi connectivity index (χ3v) is 0.646. The average Bonchev–Trinajstić information content (AvgIpc) is 1.67. The Hall–Kier alpha value is -1.06. The molecule has 0 aromatic carbocycles. The average molecular weight is 116 g/mol. The van der Waals surface area contributed by atoms with Crippen LogP contribution in [0.15, 0.2) is 0 Å². The van der Waals surface area contributed by atoms with Crippen molar-refractivity contribution < 1.29 is 14.7 Å². The number of aliphatic carboxylic acids is 1. The van der Waals surface area contributed by atoms with Crippen molar-refractivity contribution >= 4 is 12.4 Å².